The maximum absolute atomic E-state index is 11.9. The van der Waals surface area contributed by atoms with Crippen molar-refractivity contribution in [1.82, 2.24) is 5.32 Å². The van der Waals surface area contributed by atoms with E-state index in [1.54, 1.807) is 27.7 Å². The van der Waals surface area contributed by atoms with E-state index in [0.717, 1.165) is 6.21 Å². The van der Waals surface area contributed by atoms with E-state index < -0.39 is 29.8 Å². The van der Waals surface area contributed by atoms with Crippen LogP contribution in [-0.2, 0) is 19.1 Å². The second-order valence-electron chi connectivity index (χ2n) is 5.49. The molecule has 0 aromatic rings. The molecule has 0 saturated heterocycles. The number of ether oxygens (including phenoxy) is 1. The largest absolute Gasteiger partial charge is 0.461 e. The van der Waals surface area contributed by atoms with E-state index in [1.807, 2.05) is 0 Å². The summed E-state index contributed by atoms with van der Waals surface area (Å²) in [6.45, 7) is 6.63. The Labute approximate surface area is 129 Å². The van der Waals surface area contributed by atoms with Crippen LogP contribution in [0, 0.1) is 5.92 Å². The fourth-order valence-electron chi connectivity index (χ4n) is 1.54. The van der Waals surface area contributed by atoms with E-state index in [4.69, 9.17) is 10.3 Å². The molecule has 8 heteroatoms. The van der Waals surface area contributed by atoms with Gasteiger partial charge in [0, 0.05) is 6.42 Å². The molecule has 2 atom stereocenters. The molecule has 0 spiro atoms. The van der Waals surface area contributed by atoms with Crippen LogP contribution in [-0.4, -0.2) is 52.0 Å². The molecule has 0 bridgehead atoms. The van der Waals surface area contributed by atoms with Crippen LogP contribution in [0.1, 0.15) is 40.5 Å². The van der Waals surface area contributed by atoms with Gasteiger partial charge >= 0.3 is 12.2 Å². The number of aliphatic hydroxyl groups is 1. The summed E-state index contributed by atoms with van der Waals surface area (Å²) in [5.41, 5.74) is 8.26. The van der Waals surface area contributed by atoms with Crippen LogP contribution in [0.4, 0.5) is 0 Å². The monoisotopic (exact) mass is 313 g/mol. The van der Waals surface area contributed by atoms with E-state index in [0.29, 0.717) is 0 Å². The quantitative estimate of drug-likeness (QED) is 0.270. The summed E-state index contributed by atoms with van der Waals surface area (Å²) < 4.78 is 5.02. The van der Waals surface area contributed by atoms with Crippen molar-refractivity contribution in [3.05, 3.63) is 5.53 Å². The van der Waals surface area contributed by atoms with Gasteiger partial charge in [-0.05, 0) is 26.2 Å². The second kappa shape index (κ2) is 9.81. The summed E-state index contributed by atoms with van der Waals surface area (Å²) in [5, 5.41) is 12.1. The summed E-state index contributed by atoms with van der Waals surface area (Å²) in [6, 6.07) is -1.06. The number of hydrogen-bond donors (Lipinski definition) is 2. The van der Waals surface area contributed by atoms with Crippen LogP contribution in [0.2, 0.25) is 0 Å². The van der Waals surface area contributed by atoms with E-state index in [1.165, 1.54) is 0 Å². The molecular formula is C14H23N3O5. The molecule has 124 valence electrons. The average Bonchev–Trinajstić information content (AvgIpc) is 2.41. The normalized spacial score (nSPS) is 13.2. The Bertz CT molecular complexity index is 455. The summed E-state index contributed by atoms with van der Waals surface area (Å²) in [5.74, 6) is -2.20. The molecule has 0 aliphatic rings. The Morgan fingerprint density at radius 2 is 1.86 bits per heavy atom. The zero-order valence-corrected chi connectivity index (χ0v) is 13.3. The minimum Gasteiger partial charge on any atom is -0.461 e. The van der Waals surface area contributed by atoms with Gasteiger partial charge in [0.25, 0.3) is 0 Å². The third kappa shape index (κ3) is 7.66. The second-order valence-corrected chi connectivity index (χ2v) is 5.49. The molecule has 0 aromatic carbocycles. The lowest BCUT2D eigenvalue weighted by Crippen LogP contribution is -2.48. The van der Waals surface area contributed by atoms with Crippen LogP contribution in [0.25, 0.3) is 5.53 Å². The molecule has 1 unspecified atom stereocenters. The number of esters is 1. The SMILES string of the molecule is CC(C)OC(=O)C(CCC(=O)C=[N+]=[N-])NC(=O)[C@@H](O)C(C)C. The lowest BCUT2D eigenvalue weighted by atomic mass is 10.0. The number of rotatable bonds is 9. The van der Waals surface area contributed by atoms with Gasteiger partial charge in [0.2, 0.25) is 11.7 Å². The van der Waals surface area contributed by atoms with Crippen molar-refractivity contribution >= 4 is 23.9 Å². The third-order valence-corrected chi connectivity index (χ3v) is 2.73. The number of carbonyl (C=O) groups is 3. The first-order valence-electron chi connectivity index (χ1n) is 7.08. The standard InChI is InChI=1S/C14H23N3O5/c1-8(2)12(19)13(20)17-11(14(21)22-9(3)4)6-5-10(18)7-16-15/h7-9,11-12,19H,5-6H2,1-4H3,(H,17,20)/t11?,12-/m0/s1. The number of amides is 1. The predicted octanol–water partition coefficient (Wildman–Crippen LogP) is 0.0896. The Morgan fingerprint density at radius 3 is 2.32 bits per heavy atom. The van der Waals surface area contributed by atoms with Crippen LogP contribution in [0.3, 0.4) is 0 Å². The van der Waals surface area contributed by atoms with Gasteiger partial charge < -0.3 is 20.7 Å². The highest BCUT2D eigenvalue weighted by Crippen LogP contribution is 2.06. The van der Waals surface area contributed by atoms with Crippen LogP contribution in [0.15, 0.2) is 0 Å². The average molecular weight is 313 g/mol. The fourth-order valence-corrected chi connectivity index (χ4v) is 1.54. The van der Waals surface area contributed by atoms with E-state index in [2.05, 4.69) is 10.1 Å². The molecule has 0 heterocycles. The van der Waals surface area contributed by atoms with Gasteiger partial charge in [-0.3, -0.25) is 9.59 Å². The minimum atomic E-state index is -1.26. The molecule has 22 heavy (non-hydrogen) atoms. The highest BCUT2D eigenvalue weighted by Gasteiger charge is 2.28. The van der Waals surface area contributed by atoms with Crippen LogP contribution in [0.5, 0.6) is 0 Å². The van der Waals surface area contributed by atoms with Crippen LogP contribution < -0.4 is 5.32 Å². The van der Waals surface area contributed by atoms with Gasteiger partial charge in [-0.1, -0.05) is 13.8 Å². The summed E-state index contributed by atoms with van der Waals surface area (Å²) >= 11 is 0. The number of nitrogens with zero attached hydrogens (tertiary/aromatic N) is 2. The zero-order valence-electron chi connectivity index (χ0n) is 13.3. The highest BCUT2D eigenvalue weighted by molar-refractivity contribution is 6.25. The van der Waals surface area contributed by atoms with Gasteiger partial charge in [-0.2, -0.15) is 4.79 Å². The lowest BCUT2D eigenvalue weighted by molar-refractivity contribution is -0.152. The Hall–Kier alpha value is -2.05. The maximum atomic E-state index is 11.9. The van der Waals surface area contributed by atoms with Crippen molar-refractivity contribution in [3.8, 4) is 0 Å². The third-order valence-electron chi connectivity index (χ3n) is 2.73. The first-order valence-corrected chi connectivity index (χ1v) is 7.08. The molecule has 0 rings (SSSR count). The number of carbonyl (C=O) groups excluding carboxylic acids is 3. The van der Waals surface area contributed by atoms with Gasteiger partial charge in [-0.25, -0.2) is 4.79 Å². The van der Waals surface area contributed by atoms with Crippen molar-refractivity contribution < 1.29 is 29.0 Å². The first-order chi connectivity index (χ1) is 10.2. The Kier molecular flexibility index (Phi) is 8.89. The molecule has 0 aliphatic heterocycles. The van der Waals surface area contributed by atoms with Gasteiger partial charge in [0.15, 0.2) is 0 Å². The molecular weight excluding hydrogens is 290 g/mol. The molecule has 0 aliphatic carbocycles. The topological polar surface area (TPSA) is 129 Å². The summed E-state index contributed by atoms with van der Waals surface area (Å²) in [4.78, 5) is 37.7. The zero-order chi connectivity index (χ0) is 17.3. The van der Waals surface area contributed by atoms with E-state index >= 15 is 0 Å². The Morgan fingerprint density at radius 1 is 1.27 bits per heavy atom. The molecule has 0 aromatic heterocycles. The number of aliphatic hydroxyl groups excluding tert-OH is 1. The minimum absolute atomic E-state index is 0.0209. The van der Waals surface area contributed by atoms with E-state index in [9.17, 15) is 19.5 Å². The van der Waals surface area contributed by atoms with Crippen LogP contribution >= 0.6 is 0 Å². The molecule has 0 fully saturated rings. The maximum Gasteiger partial charge on any atom is 0.328 e. The summed E-state index contributed by atoms with van der Waals surface area (Å²) in [7, 11) is 0. The number of hydrogen-bond acceptors (Lipinski definition) is 5. The van der Waals surface area contributed by atoms with E-state index in [-0.39, 0.29) is 24.9 Å². The summed E-state index contributed by atoms with van der Waals surface area (Å²) in [6.07, 6.45) is -1.05. The smallest absolute Gasteiger partial charge is 0.328 e. The molecule has 2 N–H and O–H groups in total. The molecule has 8 nitrogen and oxygen atoms in total. The number of Topliss-reactive ketones (excluding diaryl/α,β-unsaturated/α-hetero) is 1. The number of ketones is 1. The van der Waals surface area contributed by atoms with Crippen molar-refractivity contribution in [1.29, 1.82) is 0 Å². The van der Waals surface area contributed by atoms with Crippen molar-refractivity contribution in [2.45, 2.75) is 58.8 Å². The van der Waals surface area contributed by atoms with Gasteiger partial charge in [-0.15, -0.1) is 0 Å². The lowest BCUT2D eigenvalue weighted by Gasteiger charge is -2.21. The van der Waals surface area contributed by atoms with Crippen molar-refractivity contribution in [3.63, 3.8) is 0 Å². The molecule has 0 radical (unpaired) electrons. The first kappa shape index (κ1) is 19.9. The van der Waals surface area contributed by atoms with Gasteiger partial charge in [0.1, 0.15) is 12.1 Å². The fraction of sp³-hybridized carbons (Fsp3) is 0.714. The van der Waals surface area contributed by atoms with Gasteiger partial charge in [0.05, 0.1) is 6.10 Å². The predicted molar refractivity (Wildman–Crippen MR) is 77.9 cm³/mol. The Balaban J connectivity index is 4.85. The van der Waals surface area contributed by atoms with Crippen molar-refractivity contribution in [2.24, 2.45) is 5.92 Å². The highest BCUT2D eigenvalue weighted by atomic mass is 16.5. The molecule has 1 amide bonds. The molecule has 0 saturated carbocycles. The van der Waals surface area contributed by atoms with Crippen molar-refractivity contribution in [2.75, 3.05) is 0 Å². The number of nitrogens with one attached hydrogen (secondary N) is 1.